The number of hydrogen-bond donors (Lipinski definition) is 0. The van der Waals surface area contributed by atoms with Gasteiger partial charge in [-0.2, -0.15) is 0 Å². The van der Waals surface area contributed by atoms with Crippen LogP contribution in [0.15, 0.2) is 22.3 Å². The van der Waals surface area contributed by atoms with E-state index in [1.807, 2.05) is 22.3 Å². The average Bonchev–Trinajstić information content (AvgIpc) is 3.51. The van der Waals surface area contributed by atoms with E-state index >= 15 is 0 Å². The first-order chi connectivity index (χ1) is 28.6. The van der Waals surface area contributed by atoms with Crippen molar-refractivity contribution < 1.29 is 0 Å². The Kier molecular flexibility index (Phi) is 41.3. The first-order valence-electron chi connectivity index (χ1n) is 28.1. The molecule has 0 N–H and O–H groups in total. The van der Waals surface area contributed by atoms with Gasteiger partial charge in [0.05, 0.1) is 0 Å². The normalized spacial score (nSPS) is 14.6. The van der Waals surface area contributed by atoms with Gasteiger partial charge >= 0.3 is 0 Å². The minimum Gasteiger partial charge on any atom is -0.0654 e. The Bertz CT molecular complexity index is 901. The van der Waals surface area contributed by atoms with E-state index < -0.39 is 0 Å². The Hall–Kier alpha value is -0.520. The first-order valence-corrected chi connectivity index (χ1v) is 28.1. The molecule has 0 nitrogen and oxygen atoms in total. The lowest BCUT2D eigenvalue weighted by atomic mass is 9.81. The van der Waals surface area contributed by atoms with E-state index in [1.165, 1.54) is 295 Å². The van der Waals surface area contributed by atoms with E-state index in [4.69, 9.17) is 0 Å². The third kappa shape index (κ3) is 30.5. The molecule has 0 heterocycles. The molecule has 0 saturated carbocycles. The van der Waals surface area contributed by atoms with Crippen LogP contribution in [0, 0.1) is 11.8 Å². The summed E-state index contributed by atoms with van der Waals surface area (Å²) in [5, 5.41) is 0. The van der Waals surface area contributed by atoms with Gasteiger partial charge in [-0.15, -0.1) is 0 Å². The highest BCUT2D eigenvalue weighted by Gasteiger charge is 2.33. The van der Waals surface area contributed by atoms with Crippen molar-refractivity contribution in [3.63, 3.8) is 0 Å². The number of rotatable bonds is 47. The zero-order chi connectivity index (χ0) is 42.0. The lowest BCUT2D eigenvalue weighted by molar-refractivity contribution is 0.493. The molecule has 58 heavy (non-hydrogen) atoms. The van der Waals surface area contributed by atoms with Gasteiger partial charge in [0.2, 0.25) is 0 Å². The van der Waals surface area contributed by atoms with Gasteiger partial charge in [-0.3, -0.25) is 0 Å². The Morgan fingerprint density at radius 1 is 0.276 bits per heavy atom. The Balaban J connectivity index is 2.93. The van der Waals surface area contributed by atoms with Crippen molar-refractivity contribution in [2.75, 3.05) is 0 Å². The zero-order valence-corrected chi connectivity index (χ0v) is 41.7. The minimum atomic E-state index is 0.702. The van der Waals surface area contributed by atoms with Gasteiger partial charge in [0.25, 0.3) is 0 Å². The highest BCUT2D eigenvalue weighted by Crippen LogP contribution is 2.49. The van der Waals surface area contributed by atoms with Gasteiger partial charge in [-0.25, -0.2) is 0 Å². The second kappa shape index (κ2) is 43.1. The third-order valence-electron chi connectivity index (χ3n) is 14.2. The van der Waals surface area contributed by atoms with E-state index in [1.54, 1.807) is 0 Å². The van der Waals surface area contributed by atoms with Crippen LogP contribution in [0.25, 0.3) is 0 Å². The quantitative estimate of drug-likeness (QED) is 0.0537. The van der Waals surface area contributed by atoms with Crippen molar-refractivity contribution in [3.05, 3.63) is 22.3 Å². The van der Waals surface area contributed by atoms with Crippen molar-refractivity contribution in [1.29, 1.82) is 0 Å². The van der Waals surface area contributed by atoms with E-state index in [9.17, 15) is 0 Å². The van der Waals surface area contributed by atoms with E-state index in [2.05, 4.69) is 41.5 Å². The molecule has 1 atom stereocenters. The van der Waals surface area contributed by atoms with Crippen LogP contribution >= 0.6 is 0 Å². The third-order valence-corrected chi connectivity index (χ3v) is 14.2. The van der Waals surface area contributed by atoms with Crippen LogP contribution in [0.4, 0.5) is 0 Å². The summed E-state index contributed by atoms with van der Waals surface area (Å²) in [7, 11) is 0. The molecule has 1 aliphatic rings. The molecule has 0 aliphatic heterocycles. The zero-order valence-electron chi connectivity index (χ0n) is 41.7. The number of hydrogen-bond acceptors (Lipinski definition) is 0. The van der Waals surface area contributed by atoms with Gasteiger partial charge < -0.3 is 0 Å². The lowest BCUT2D eigenvalue weighted by Gasteiger charge is -2.23. The molecule has 0 aromatic carbocycles. The van der Waals surface area contributed by atoms with E-state index in [0.29, 0.717) is 5.92 Å². The molecule has 0 bridgehead atoms. The standard InChI is InChI=1S/C58H112/c1-7-11-15-19-23-27-30-32-36-38-42-46-50-54-55(49-45-41-37-35-31-28-24-20-16-12-8-2)57(52-48-44-40-34-29-25-21-17-13-9-3)58(53(5)6)56(54)51-47-43-39-33-26-22-18-14-10-4/h53,56H,7-52H2,1-6H3. The van der Waals surface area contributed by atoms with Gasteiger partial charge in [0.1, 0.15) is 0 Å². The summed E-state index contributed by atoms with van der Waals surface area (Å²) in [5.41, 5.74) is 7.75. The fourth-order valence-corrected chi connectivity index (χ4v) is 10.6. The smallest absolute Gasteiger partial charge is 0.00214 e. The predicted molar refractivity (Wildman–Crippen MR) is 267 cm³/mol. The fourth-order valence-electron chi connectivity index (χ4n) is 10.6. The molecule has 0 spiro atoms. The summed E-state index contributed by atoms with van der Waals surface area (Å²) in [6.45, 7) is 14.5. The van der Waals surface area contributed by atoms with Crippen LogP contribution in [0.5, 0.6) is 0 Å². The molecule has 1 rings (SSSR count). The molecule has 1 unspecified atom stereocenters. The topological polar surface area (TPSA) is 0 Å². The minimum absolute atomic E-state index is 0.702. The molecule has 0 radical (unpaired) electrons. The number of unbranched alkanes of at least 4 members (excludes halogenated alkanes) is 38. The molecule has 0 heteroatoms. The summed E-state index contributed by atoms with van der Waals surface area (Å²) in [5.74, 6) is 1.48. The maximum Gasteiger partial charge on any atom is 0.00214 e. The highest BCUT2D eigenvalue weighted by atomic mass is 14.4. The predicted octanol–water partition coefficient (Wildman–Crippen LogP) is 21.9. The second-order valence-corrected chi connectivity index (χ2v) is 20.1. The Morgan fingerprint density at radius 2 is 0.517 bits per heavy atom. The second-order valence-electron chi connectivity index (χ2n) is 20.1. The first kappa shape index (κ1) is 55.5. The molecule has 344 valence electrons. The molecule has 0 fully saturated rings. The fraction of sp³-hybridized carbons (Fsp3) is 0.931. The summed E-state index contributed by atoms with van der Waals surface area (Å²) < 4.78 is 0. The average molecular weight is 810 g/mol. The number of allylic oxidation sites excluding steroid dienone is 4. The summed E-state index contributed by atoms with van der Waals surface area (Å²) >= 11 is 0. The molecule has 0 aromatic rings. The van der Waals surface area contributed by atoms with Crippen molar-refractivity contribution in [2.24, 2.45) is 11.8 Å². The Morgan fingerprint density at radius 3 is 0.810 bits per heavy atom. The van der Waals surface area contributed by atoms with Gasteiger partial charge in [-0.1, -0.05) is 303 Å². The summed E-state index contributed by atoms with van der Waals surface area (Å²) in [6, 6.07) is 0. The van der Waals surface area contributed by atoms with Crippen LogP contribution < -0.4 is 0 Å². The van der Waals surface area contributed by atoms with Crippen LogP contribution in [-0.2, 0) is 0 Å². The summed E-state index contributed by atoms with van der Waals surface area (Å²) in [6.07, 6.45) is 66.6. The largest absolute Gasteiger partial charge is 0.0654 e. The van der Waals surface area contributed by atoms with E-state index in [-0.39, 0.29) is 0 Å². The van der Waals surface area contributed by atoms with Crippen LogP contribution in [0.2, 0.25) is 0 Å². The van der Waals surface area contributed by atoms with Crippen LogP contribution in [-0.4, -0.2) is 0 Å². The SMILES string of the molecule is CCCCCCCCCCCCCCC1=C(CCCCCCCCCCCCC)C(CCCCCCCCCCCC)=C(C(C)C)C1CCCCCCCCCCC. The molecule has 0 aromatic heterocycles. The summed E-state index contributed by atoms with van der Waals surface area (Å²) in [4.78, 5) is 0. The lowest BCUT2D eigenvalue weighted by Crippen LogP contribution is -2.10. The molecule has 1 aliphatic carbocycles. The maximum atomic E-state index is 2.57. The molecular formula is C58H112. The molecule has 0 amide bonds. The van der Waals surface area contributed by atoms with Crippen LogP contribution in [0.1, 0.15) is 337 Å². The Labute approximate surface area is 369 Å². The van der Waals surface area contributed by atoms with Gasteiger partial charge in [0, 0.05) is 5.92 Å². The van der Waals surface area contributed by atoms with Crippen LogP contribution in [0.3, 0.4) is 0 Å². The molecular weight excluding hydrogens is 697 g/mol. The highest BCUT2D eigenvalue weighted by molar-refractivity contribution is 5.50. The maximum absolute atomic E-state index is 2.57. The van der Waals surface area contributed by atoms with Crippen molar-refractivity contribution in [3.8, 4) is 0 Å². The van der Waals surface area contributed by atoms with Crippen molar-refractivity contribution in [2.45, 2.75) is 337 Å². The van der Waals surface area contributed by atoms with E-state index in [0.717, 1.165) is 5.92 Å². The van der Waals surface area contributed by atoms with Crippen molar-refractivity contribution >= 4 is 0 Å². The molecule has 0 saturated heterocycles. The monoisotopic (exact) mass is 809 g/mol. The van der Waals surface area contributed by atoms with Gasteiger partial charge in [-0.05, 0) is 62.0 Å². The van der Waals surface area contributed by atoms with Crippen molar-refractivity contribution in [1.82, 2.24) is 0 Å². The van der Waals surface area contributed by atoms with Gasteiger partial charge in [0.15, 0.2) is 0 Å².